The van der Waals surface area contributed by atoms with E-state index in [2.05, 4.69) is 20.9 Å². The van der Waals surface area contributed by atoms with Crippen molar-refractivity contribution in [1.29, 1.82) is 0 Å². The number of nitrogens with zero attached hydrogens (tertiary/aromatic N) is 2. The quantitative estimate of drug-likeness (QED) is 0.871. The molecule has 1 heterocycles. The summed E-state index contributed by atoms with van der Waals surface area (Å²) in [5, 5.41) is 0. The third-order valence-electron chi connectivity index (χ3n) is 2.44. The Labute approximate surface area is 120 Å². The molecule has 98 valence electrons. The number of benzene rings is 1. The number of ether oxygens (including phenoxy) is 1. The summed E-state index contributed by atoms with van der Waals surface area (Å²) in [7, 11) is 3.39. The molecule has 19 heavy (non-hydrogen) atoms. The molecular weight excluding hydrogens is 308 g/mol. The minimum atomic E-state index is -0.139. The van der Waals surface area contributed by atoms with E-state index in [1.165, 1.54) is 4.90 Å². The summed E-state index contributed by atoms with van der Waals surface area (Å²) in [6, 6.07) is 10.8. The van der Waals surface area contributed by atoms with Crippen LogP contribution in [0, 0.1) is 0 Å². The summed E-state index contributed by atoms with van der Waals surface area (Å²) in [6.45, 7) is 0. The van der Waals surface area contributed by atoms with E-state index in [4.69, 9.17) is 4.74 Å². The largest absolute Gasteiger partial charge is 0.438 e. The molecule has 0 aliphatic carbocycles. The zero-order valence-corrected chi connectivity index (χ0v) is 12.2. The Morgan fingerprint density at radius 2 is 1.89 bits per heavy atom. The fourth-order valence-corrected chi connectivity index (χ4v) is 1.75. The first-order valence-corrected chi connectivity index (χ1v) is 6.47. The Balaban J connectivity index is 2.30. The molecule has 4 nitrogen and oxygen atoms in total. The first-order chi connectivity index (χ1) is 9.08. The minimum Gasteiger partial charge on any atom is -0.438 e. The van der Waals surface area contributed by atoms with Crippen LogP contribution < -0.4 is 4.74 Å². The molecule has 0 aliphatic rings. The van der Waals surface area contributed by atoms with Crippen LogP contribution in [0.1, 0.15) is 10.4 Å². The van der Waals surface area contributed by atoms with E-state index in [0.717, 1.165) is 4.47 Å². The van der Waals surface area contributed by atoms with Gasteiger partial charge in [0.2, 0.25) is 5.88 Å². The summed E-state index contributed by atoms with van der Waals surface area (Å²) in [5.41, 5.74) is 0.440. The van der Waals surface area contributed by atoms with E-state index in [-0.39, 0.29) is 5.91 Å². The number of hydrogen-bond donors (Lipinski definition) is 0. The van der Waals surface area contributed by atoms with Crippen LogP contribution >= 0.6 is 15.9 Å². The summed E-state index contributed by atoms with van der Waals surface area (Å²) in [5.74, 6) is 0.804. The van der Waals surface area contributed by atoms with Crippen LogP contribution in [-0.2, 0) is 0 Å². The summed E-state index contributed by atoms with van der Waals surface area (Å²) >= 11 is 3.36. The van der Waals surface area contributed by atoms with Crippen LogP contribution in [0.25, 0.3) is 0 Å². The number of halogens is 1. The Bertz CT molecular complexity index is 582. The van der Waals surface area contributed by atoms with E-state index < -0.39 is 0 Å². The molecule has 0 bridgehead atoms. The van der Waals surface area contributed by atoms with Gasteiger partial charge in [0.25, 0.3) is 5.91 Å². The summed E-state index contributed by atoms with van der Waals surface area (Å²) < 4.78 is 6.62. The van der Waals surface area contributed by atoms with Crippen molar-refractivity contribution in [2.45, 2.75) is 0 Å². The lowest BCUT2D eigenvalue weighted by atomic mass is 10.2. The monoisotopic (exact) mass is 320 g/mol. The predicted molar refractivity (Wildman–Crippen MR) is 76.5 cm³/mol. The van der Waals surface area contributed by atoms with Crippen LogP contribution in [-0.4, -0.2) is 29.9 Å². The first kappa shape index (κ1) is 13.5. The molecule has 5 heteroatoms. The van der Waals surface area contributed by atoms with Crippen LogP contribution in [0.2, 0.25) is 0 Å². The normalized spacial score (nSPS) is 10.1. The van der Waals surface area contributed by atoms with Gasteiger partial charge < -0.3 is 9.64 Å². The van der Waals surface area contributed by atoms with Gasteiger partial charge in [-0.3, -0.25) is 4.79 Å². The van der Waals surface area contributed by atoms with Gasteiger partial charge in [-0.05, 0) is 36.4 Å². The molecule has 0 radical (unpaired) electrons. The van der Waals surface area contributed by atoms with Gasteiger partial charge in [-0.15, -0.1) is 0 Å². The molecule has 1 aromatic carbocycles. The van der Waals surface area contributed by atoms with Gasteiger partial charge in [-0.2, -0.15) is 0 Å². The van der Waals surface area contributed by atoms with Crippen molar-refractivity contribution in [2.24, 2.45) is 0 Å². The number of amides is 1. The van der Waals surface area contributed by atoms with Gasteiger partial charge in [0.05, 0.1) is 0 Å². The molecule has 2 rings (SSSR count). The smallest absolute Gasteiger partial charge is 0.258 e. The van der Waals surface area contributed by atoms with E-state index in [1.807, 2.05) is 24.3 Å². The lowest BCUT2D eigenvalue weighted by Gasteiger charge is -2.13. The molecule has 0 saturated heterocycles. The van der Waals surface area contributed by atoms with Crippen LogP contribution in [0.5, 0.6) is 11.6 Å². The molecular formula is C14H13BrN2O2. The van der Waals surface area contributed by atoms with Gasteiger partial charge in [0, 0.05) is 24.8 Å². The van der Waals surface area contributed by atoms with Crippen LogP contribution in [0.15, 0.2) is 47.1 Å². The molecule has 2 aromatic rings. The standard InChI is InChI=1S/C14H13BrN2O2/c1-17(2)14(18)12-4-3-9-16-13(12)19-11-7-5-10(15)6-8-11/h3-9H,1-2H3. The average Bonchev–Trinajstić information content (AvgIpc) is 2.41. The zero-order chi connectivity index (χ0) is 13.8. The Morgan fingerprint density at radius 3 is 2.53 bits per heavy atom. The lowest BCUT2D eigenvalue weighted by Crippen LogP contribution is -2.22. The molecule has 0 spiro atoms. The van der Waals surface area contributed by atoms with Crippen molar-refractivity contribution in [3.8, 4) is 11.6 Å². The van der Waals surface area contributed by atoms with Crippen molar-refractivity contribution < 1.29 is 9.53 Å². The maximum absolute atomic E-state index is 12.0. The first-order valence-electron chi connectivity index (χ1n) is 5.68. The fourth-order valence-electron chi connectivity index (χ4n) is 1.49. The minimum absolute atomic E-state index is 0.139. The van der Waals surface area contributed by atoms with E-state index >= 15 is 0 Å². The number of pyridine rings is 1. The van der Waals surface area contributed by atoms with Gasteiger partial charge >= 0.3 is 0 Å². The highest BCUT2D eigenvalue weighted by atomic mass is 79.9. The second-order valence-corrected chi connectivity index (χ2v) is 5.03. The van der Waals surface area contributed by atoms with Crippen molar-refractivity contribution in [1.82, 2.24) is 9.88 Å². The predicted octanol–water partition coefficient (Wildman–Crippen LogP) is 3.34. The van der Waals surface area contributed by atoms with Gasteiger partial charge in [0.1, 0.15) is 11.3 Å². The Kier molecular flexibility index (Phi) is 4.16. The topological polar surface area (TPSA) is 42.4 Å². The van der Waals surface area contributed by atoms with E-state index in [0.29, 0.717) is 17.2 Å². The van der Waals surface area contributed by atoms with Crippen molar-refractivity contribution in [3.63, 3.8) is 0 Å². The number of hydrogen-bond acceptors (Lipinski definition) is 3. The molecule has 0 fully saturated rings. The molecule has 0 saturated carbocycles. The Hall–Kier alpha value is -1.88. The second kappa shape index (κ2) is 5.84. The lowest BCUT2D eigenvalue weighted by molar-refractivity contribution is 0.0824. The number of carbonyl (C=O) groups excluding carboxylic acids is 1. The second-order valence-electron chi connectivity index (χ2n) is 4.11. The van der Waals surface area contributed by atoms with Crippen LogP contribution in [0.4, 0.5) is 0 Å². The summed E-state index contributed by atoms with van der Waals surface area (Å²) in [6.07, 6.45) is 1.60. The SMILES string of the molecule is CN(C)C(=O)c1cccnc1Oc1ccc(Br)cc1. The van der Waals surface area contributed by atoms with Crippen LogP contribution in [0.3, 0.4) is 0 Å². The molecule has 0 unspecified atom stereocenters. The van der Waals surface area contributed by atoms with Gasteiger partial charge in [-0.1, -0.05) is 15.9 Å². The van der Waals surface area contributed by atoms with Gasteiger partial charge in [-0.25, -0.2) is 4.98 Å². The van der Waals surface area contributed by atoms with Crippen molar-refractivity contribution >= 4 is 21.8 Å². The highest BCUT2D eigenvalue weighted by molar-refractivity contribution is 9.10. The third kappa shape index (κ3) is 3.32. The number of aromatic nitrogens is 1. The van der Waals surface area contributed by atoms with Crippen molar-refractivity contribution in [2.75, 3.05) is 14.1 Å². The molecule has 0 aliphatic heterocycles. The molecule has 0 N–H and O–H groups in total. The zero-order valence-electron chi connectivity index (χ0n) is 10.6. The van der Waals surface area contributed by atoms with E-state index in [1.54, 1.807) is 32.4 Å². The highest BCUT2D eigenvalue weighted by Crippen LogP contribution is 2.24. The van der Waals surface area contributed by atoms with Gasteiger partial charge in [0.15, 0.2) is 0 Å². The number of rotatable bonds is 3. The molecule has 1 amide bonds. The summed E-state index contributed by atoms with van der Waals surface area (Å²) in [4.78, 5) is 17.6. The number of carbonyl (C=O) groups is 1. The highest BCUT2D eigenvalue weighted by Gasteiger charge is 2.15. The Morgan fingerprint density at radius 1 is 1.21 bits per heavy atom. The third-order valence-corrected chi connectivity index (χ3v) is 2.96. The van der Waals surface area contributed by atoms with Crippen molar-refractivity contribution in [3.05, 3.63) is 52.6 Å². The fraction of sp³-hybridized carbons (Fsp3) is 0.143. The van der Waals surface area contributed by atoms with E-state index in [9.17, 15) is 4.79 Å². The molecule has 1 aromatic heterocycles. The maximum atomic E-state index is 12.0. The average molecular weight is 321 g/mol. The maximum Gasteiger partial charge on any atom is 0.258 e. The molecule has 0 atom stereocenters.